The molecule has 0 unspecified atom stereocenters. The van der Waals surface area contributed by atoms with Crippen molar-refractivity contribution in [3.63, 3.8) is 0 Å². The van der Waals surface area contributed by atoms with E-state index < -0.39 is 0 Å². The molecular formula is C17H25BrIN3O3. The van der Waals surface area contributed by atoms with Crippen molar-refractivity contribution in [1.29, 1.82) is 0 Å². The molecule has 140 valence electrons. The molecule has 0 aromatic heterocycles. The van der Waals surface area contributed by atoms with Crippen molar-refractivity contribution in [2.24, 2.45) is 10.9 Å². The lowest BCUT2D eigenvalue weighted by molar-refractivity contribution is 0.0675. The fraction of sp³-hybridized carbons (Fsp3) is 0.588. The van der Waals surface area contributed by atoms with Gasteiger partial charge in [-0.15, -0.1) is 24.0 Å². The Morgan fingerprint density at radius 1 is 1.16 bits per heavy atom. The zero-order chi connectivity index (χ0) is 16.8. The van der Waals surface area contributed by atoms with Gasteiger partial charge in [0.15, 0.2) is 17.5 Å². The molecule has 3 rings (SSSR count). The van der Waals surface area contributed by atoms with Gasteiger partial charge in [-0.05, 0) is 52.4 Å². The molecule has 2 aliphatic rings. The highest BCUT2D eigenvalue weighted by molar-refractivity contribution is 14.0. The Morgan fingerprint density at radius 3 is 2.68 bits per heavy atom. The van der Waals surface area contributed by atoms with Crippen LogP contribution in [0.3, 0.4) is 0 Å². The lowest BCUT2D eigenvalue weighted by Crippen LogP contribution is -2.40. The quantitative estimate of drug-likeness (QED) is 0.359. The number of ether oxygens (including phenoxy) is 3. The minimum absolute atomic E-state index is 0. The molecule has 0 aliphatic carbocycles. The first-order chi connectivity index (χ1) is 11.8. The van der Waals surface area contributed by atoms with Crippen molar-refractivity contribution in [2.45, 2.75) is 19.4 Å². The fourth-order valence-electron chi connectivity index (χ4n) is 2.86. The number of halogens is 2. The van der Waals surface area contributed by atoms with Gasteiger partial charge in [-0.25, -0.2) is 0 Å². The van der Waals surface area contributed by atoms with Crippen molar-refractivity contribution in [2.75, 3.05) is 40.0 Å². The van der Waals surface area contributed by atoms with Gasteiger partial charge in [0.25, 0.3) is 0 Å². The van der Waals surface area contributed by atoms with Crippen LogP contribution in [0.5, 0.6) is 11.5 Å². The second-order valence-electron chi connectivity index (χ2n) is 5.96. The Morgan fingerprint density at radius 2 is 1.92 bits per heavy atom. The average Bonchev–Trinajstić information content (AvgIpc) is 2.63. The maximum absolute atomic E-state index is 5.66. The predicted molar refractivity (Wildman–Crippen MR) is 112 cm³/mol. The molecular weight excluding hydrogens is 501 g/mol. The van der Waals surface area contributed by atoms with Gasteiger partial charge in [0, 0.05) is 33.4 Å². The summed E-state index contributed by atoms with van der Waals surface area (Å²) >= 11 is 3.55. The summed E-state index contributed by atoms with van der Waals surface area (Å²) in [6.45, 7) is 4.50. The first-order valence-electron chi connectivity index (χ1n) is 8.36. The molecule has 0 spiro atoms. The first kappa shape index (κ1) is 20.6. The lowest BCUT2D eigenvalue weighted by atomic mass is 10.0. The zero-order valence-electron chi connectivity index (χ0n) is 14.3. The lowest BCUT2D eigenvalue weighted by Gasteiger charge is -2.23. The largest absolute Gasteiger partial charge is 0.486 e. The normalized spacial score (nSPS) is 17.6. The number of nitrogens with zero attached hydrogens (tertiary/aromatic N) is 1. The number of guanidine groups is 1. The molecule has 2 aliphatic heterocycles. The summed E-state index contributed by atoms with van der Waals surface area (Å²) in [5.74, 6) is 3.04. The Labute approximate surface area is 174 Å². The molecule has 0 bridgehead atoms. The number of rotatable bonds is 4. The van der Waals surface area contributed by atoms with E-state index in [2.05, 4.69) is 31.6 Å². The third-order valence-corrected chi connectivity index (χ3v) is 4.83. The van der Waals surface area contributed by atoms with Crippen LogP contribution in [0, 0.1) is 5.92 Å². The standard InChI is InChI=1S/C17H24BrN3O3.HI/c1-19-17(20-10-12-2-4-22-5-3-12)21-11-13-8-14(18)16-15(9-13)23-6-7-24-16;/h8-9,12H,2-7,10-11H2,1H3,(H2,19,20,21);1H. The molecule has 6 nitrogen and oxygen atoms in total. The van der Waals surface area contributed by atoms with Crippen LogP contribution >= 0.6 is 39.9 Å². The van der Waals surface area contributed by atoms with E-state index in [1.54, 1.807) is 7.05 Å². The SMILES string of the molecule is CN=C(NCc1cc(Br)c2c(c1)OCCO2)NCC1CCOCC1.I. The molecule has 1 fully saturated rings. The van der Waals surface area contributed by atoms with E-state index in [0.717, 1.165) is 60.1 Å². The summed E-state index contributed by atoms with van der Waals surface area (Å²) in [6.07, 6.45) is 2.22. The molecule has 1 aromatic carbocycles. The summed E-state index contributed by atoms with van der Waals surface area (Å²) in [5, 5.41) is 6.75. The van der Waals surface area contributed by atoms with Gasteiger partial charge in [0.05, 0.1) is 4.47 Å². The summed E-state index contributed by atoms with van der Waals surface area (Å²) in [6, 6.07) is 4.06. The van der Waals surface area contributed by atoms with Gasteiger partial charge in [0.2, 0.25) is 0 Å². The van der Waals surface area contributed by atoms with E-state index >= 15 is 0 Å². The zero-order valence-corrected chi connectivity index (χ0v) is 18.3. The van der Waals surface area contributed by atoms with Crippen LogP contribution in [-0.4, -0.2) is 46.0 Å². The van der Waals surface area contributed by atoms with Gasteiger partial charge in [-0.2, -0.15) is 0 Å². The summed E-state index contributed by atoms with van der Waals surface area (Å²) in [7, 11) is 1.79. The molecule has 0 atom stereocenters. The molecule has 8 heteroatoms. The van der Waals surface area contributed by atoms with E-state index in [-0.39, 0.29) is 24.0 Å². The van der Waals surface area contributed by atoms with Crippen LogP contribution in [0.2, 0.25) is 0 Å². The Kier molecular flexibility index (Phi) is 8.57. The average molecular weight is 526 g/mol. The number of hydrogen-bond acceptors (Lipinski definition) is 4. The van der Waals surface area contributed by atoms with E-state index in [4.69, 9.17) is 14.2 Å². The Hall–Kier alpha value is -0.740. The molecule has 0 saturated carbocycles. The monoisotopic (exact) mass is 525 g/mol. The second kappa shape index (κ2) is 10.4. The molecule has 2 N–H and O–H groups in total. The topological polar surface area (TPSA) is 64.1 Å². The second-order valence-corrected chi connectivity index (χ2v) is 6.82. The summed E-state index contributed by atoms with van der Waals surface area (Å²) in [5.41, 5.74) is 1.11. The van der Waals surface area contributed by atoms with Crippen LogP contribution in [0.1, 0.15) is 18.4 Å². The van der Waals surface area contributed by atoms with Gasteiger partial charge >= 0.3 is 0 Å². The van der Waals surface area contributed by atoms with Crippen LogP contribution in [0.15, 0.2) is 21.6 Å². The molecule has 1 saturated heterocycles. The summed E-state index contributed by atoms with van der Waals surface area (Å²) < 4.78 is 17.6. The van der Waals surface area contributed by atoms with Crippen LogP contribution in [0.25, 0.3) is 0 Å². The smallest absolute Gasteiger partial charge is 0.191 e. The third-order valence-electron chi connectivity index (χ3n) is 4.24. The third kappa shape index (κ3) is 5.89. The maximum Gasteiger partial charge on any atom is 0.191 e. The Bertz CT molecular complexity index is 595. The van der Waals surface area contributed by atoms with Gasteiger partial charge in [0.1, 0.15) is 13.2 Å². The molecule has 0 radical (unpaired) electrons. The van der Waals surface area contributed by atoms with Crippen LogP contribution < -0.4 is 20.1 Å². The number of hydrogen-bond donors (Lipinski definition) is 2. The molecule has 25 heavy (non-hydrogen) atoms. The maximum atomic E-state index is 5.66. The first-order valence-corrected chi connectivity index (χ1v) is 9.16. The van der Waals surface area contributed by atoms with E-state index in [1.807, 2.05) is 12.1 Å². The molecule has 2 heterocycles. The van der Waals surface area contributed by atoms with Crippen molar-refractivity contribution < 1.29 is 14.2 Å². The fourth-order valence-corrected chi connectivity index (χ4v) is 3.47. The highest BCUT2D eigenvalue weighted by atomic mass is 127. The van der Waals surface area contributed by atoms with Crippen molar-refractivity contribution in [3.8, 4) is 11.5 Å². The van der Waals surface area contributed by atoms with Crippen molar-refractivity contribution in [3.05, 3.63) is 22.2 Å². The van der Waals surface area contributed by atoms with Crippen molar-refractivity contribution in [1.82, 2.24) is 10.6 Å². The predicted octanol–water partition coefficient (Wildman–Crippen LogP) is 2.93. The van der Waals surface area contributed by atoms with Crippen molar-refractivity contribution >= 4 is 45.9 Å². The van der Waals surface area contributed by atoms with Gasteiger partial charge < -0.3 is 24.8 Å². The van der Waals surface area contributed by atoms with E-state index in [1.165, 1.54) is 0 Å². The van der Waals surface area contributed by atoms with Gasteiger partial charge in [-0.3, -0.25) is 4.99 Å². The number of benzene rings is 1. The van der Waals surface area contributed by atoms with Gasteiger partial charge in [-0.1, -0.05) is 0 Å². The van der Waals surface area contributed by atoms with Crippen LogP contribution in [-0.2, 0) is 11.3 Å². The highest BCUT2D eigenvalue weighted by Crippen LogP contribution is 2.38. The highest BCUT2D eigenvalue weighted by Gasteiger charge is 2.17. The number of nitrogens with one attached hydrogen (secondary N) is 2. The van der Waals surface area contributed by atoms with E-state index in [0.29, 0.717) is 25.7 Å². The van der Waals surface area contributed by atoms with Crippen LogP contribution in [0.4, 0.5) is 0 Å². The molecule has 0 amide bonds. The minimum Gasteiger partial charge on any atom is -0.486 e. The molecule has 1 aromatic rings. The number of aliphatic imine (C=N–C) groups is 1. The van der Waals surface area contributed by atoms with E-state index in [9.17, 15) is 0 Å². The Balaban J connectivity index is 0.00000225. The minimum atomic E-state index is 0. The number of fused-ring (bicyclic) bond motifs is 1. The summed E-state index contributed by atoms with van der Waals surface area (Å²) in [4.78, 5) is 4.29.